The lowest BCUT2D eigenvalue weighted by Gasteiger charge is -2.13. The molecule has 11 nitrogen and oxygen atoms in total. The third-order valence-corrected chi connectivity index (χ3v) is 4.60. The van der Waals surface area contributed by atoms with Crippen molar-refractivity contribution in [3.05, 3.63) is 63.8 Å². The van der Waals surface area contributed by atoms with Crippen LogP contribution in [0.3, 0.4) is 0 Å². The van der Waals surface area contributed by atoms with Crippen LogP contribution in [0.1, 0.15) is 53.2 Å². The standard InChI is InChI=1S/C14H9F3N4O2.C7H10N2O3/c15-14(16,17)9-5-6(1-2-8(9)11(18)22)7-3-4-19-12-10(7)20-13(23)21-12;1-7(2,3)6-8-4(5(10)11)12-9-6/h1-5H,(H2,18,22)(H2,19,20,21,23);1-3H3,(H,10,11). The van der Waals surface area contributed by atoms with Crippen LogP contribution < -0.4 is 11.4 Å². The van der Waals surface area contributed by atoms with Crippen LogP contribution in [0, 0.1) is 0 Å². The highest BCUT2D eigenvalue weighted by Crippen LogP contribution is 2.35. The summed E-state index contributed by atoms with van der Waals surface area (Å²) in [6.07, 6.45) is -3.38. The predicted molar refractivity (Wildman–Crippen MR) is 116 cm³/mol. The first-order valence-corrected chi connectivity index (χ1v) is 9.84. The second-order valence-corrected chi connectivity index (χ2v) is 8.26. The van der Waals surface area contributed by atoms with Crippen LogP contribution in [0.4, 0.5) is 13.2 Å². The number of fused-ring (bicyclic) bond motifs is 1. The highest BCUT2D eigenvalue weighted by atomic mass is 19.4. The number of carboxylic acid groups (broad SMARTS) is 1. The number of benzene rings is 1. The van der Waals surface area contributed by atoms with Crippen LogP contribution in [0.5, 0.6) is 0 Å². The number of nitrogens with one attached hydrogen (secondary N) is 2. The van der Waals surface area contributed by atoms with E-state index in [9.17, 15) is 27.6 Å². The molecule has 3 heterocycles. The minimum absolute atomic E-state index is 0.171. The van der Waals surface area contributed by atoms with E-state index in [2.05, 4.69) is 29.6 Å². The monoisotopic (exact) mass is 492 g/mol. The minimum Gasteiger partial charge on any atom is -0.474 e. The lowest BCUT2D eigenvalue weighted by atomic mass is 9.96. The van der Waals surface area contributed by atoms with Crippen molar-refractivity contribution in [2.24, 2.45) is 5.73 Å². The molecule has 3 aromatic heterocycles. The molecule has 0 aliphatic rings. The van der Waals surface area contributed by atoms with E-state index in [1.807, 2.05) is 20.8 Å². The van der Waals surface area contributed by atoms with Gasteiger partial charge in [-0.3, -0.25) is 9.78 Å². The SMILES string of the molecule is CC(C)(C)c1noc(C(=O)O)n1.NC(=O)c1ccc(-c2ccnc3[nH]c(=O)[nH]c23)cc1C(F)(F)F. The second kappa shape index (κ2) is 9.04. The van der Waals surface area contributed by atoms with Crippen molar-refractivity contribution in [3.63, 3.8) is 0 Å². The van der Waals surface area contributed by atoms with Gasteiger partial charge in [0.2, 0.25) is 5.91 Å². The third kappa shape index (κ3) is 5.54. The van der Waals surface area contributed by atoms with Gasteiger partial charge in [-0.15, -0.1) is 0 Å². The van der Waals surface area contributed by atoms with E-state index in [1.165, 1.54) is 18.3 Å². The Morgan fingerprint density at radius 2 is 1.80 bits per heavy atom. The van der Waals surface area contributed by atoms with Crippen molar-refractivity contribution in [2.45, 2.75) is 32.4 Å². The van der Waals surface area contributed by atoms with Crippen LogP contribution in [0.15, 0.2) is 39.8 Å². The summed E-state index contributed by atoms with van der Waals surface area (Å²) >= 11 is 0. The Bertz CT molecular complexity index is 1460. The van der Waals surface area contributed by atoms with Gasteiger partial charge < -0.3 is 20.3 Å². The number of hydrogen-bond donors (Lipinski definition) is 4. The van der Waals surface area contributed by atoms with E-state index in [1.54, 1.807) is 0 Å². The summed E-state index contributed by atoms with van der Waals surface area (Å²) in [5.41, 5.74) is 3.45. The molecule has 0 fully saturated rings. The van der Waals surface area contributed by atoms with Gasteiger partial charge in [-0.2, -0.15) is 18.2 Å². The molecule has 0 aliphatic carbocycles. The number of H-pyrrole nitrogens is 2. The number of hydrogen-bond acceptors (Lipinski definition) is 7. The first kappa shape index (κ1) is 25.1. The Labute approximate surface area is 194 Å². The fraction of sp³-hybridized carbons (Fsp3) is 0.238. The van der Waals surface area contributed by atoms with Gasteiger partial charge in [0.1, 0.15) is 0 Å². The third-order valence-electron chi connectivity index (χ3n) is 4.60. The van der Waals surface area contributed by atoms with Gasteiger partial charge in [0, 0.05) is 17.2 Å². The van der Waals surface area contributed by atoms with Crippen molar-refractivity contribution in [1.29, 1.82) is 0 Å². The molecular weight excluding hydrogens is 473 g/mol. The van der Waals surface area contributed by atoms with Gasteiger partial charge in [-0.1, -0.05) is 32.0 Å². The zero-order chi connectivity index (χ0) is 26.1. The maximum Gasteiger partial charge on any atom is 0.417 e. The van der Waals surface area contributed by atoms with Crippen LogP contribution in [-0.2, 0) is 11.6 Å². The molecular formula is C21H19F3N6O5. The molecule has 0 saturated heterocycles. The number of pyridine rings is 1. The summed E-state index contributed by atoms with van der Waals surface area (Å²) in [6.45, 7) is 5.64. The maximum atomic E-state index is 13.1. The average molecular weight is 492 g/mol. The zero-order valence-corrected chi connectivity index (χ0v) is 18.5. The summed E-state index contributed by atoms with van der Waals surface area (Å²) in [5.74, 6) is -2.32. The first-order valence-electron chi connectivity index (χ1n) is 9.84. The second-order valence-electron chi connectivity index (χ2n) is 8.26. The molecule has 0 aliphatic heterocycles. The largest absolute Gasteiger partial charge is 0.474 e. The Hall–Kier alpha value is -4.49. The van der Waals surface area contributed by atoms with Gasteiger partial charge in [0.25, 0.3) is 0 Å². The number of primary amides is 1. The highest BCUT2D eigenvalue weighted by Gasteiger charge is 2.35. The van der Waals surface area contributed by atoms with Crippen molar-refractivity contribution >= 4 is 23.0 Å². The van der Waals surface area contributed by atoms with Crippen LogP contribution in [0.25, 0.3) is 22.3 Å². The number of nitrogens with two attached hydrogens (primary N) is 1. The number of nitrogens with zero attached hydrogens (tertiary/aromatic N) is 3. The molecule has 4 rings (SSSR count). The molecule has 1 amide bonds. The number of rotatable bonds is 3. The maximum absolute atomic E-state index is 13.1. The number of halogens is 3. The summed E-state index contributed by atoms with van der Waals surface area (Å²) in [6, 6.07) is 4.62. The fourth-order valence-corrected chi connectivity index (χ4v) is 2.95. The summed E-state index contributed by atoms with van der Waals surface area (Å²) in [5, 5.41) is 12.0. The first-order chi connectivity index (χ1) is 16.2. The number of aromatic nitrogens is 5. The normalized spacial score (nSPS) is 11.7. The molecule has 184 valence electrons. The van der Waals surface area contributed by atoms with Crippen molar-refractivity contribution in [2.75, 3.05) is 0 Å². The molecule has 0 spiro atoms. The zero-order valence-electron chi connectivity index (χ0n) is 18.5. The molecule has 5 N–H and O–H groups in total. The highest BCUT2D eigenvalue weighted by molar-refractivity contribution is 5.96. The number of aromatic amines is 2. The molecule has 0 radical (unpaired) electrons. The minimum atomic E-state index is -4.74. The number of carbonyl (C=O) groups excluding carboxylic acids is 1. The Kier molecular flexibility index (Phi) is 6.49. The van der Waals surface area contributed by atoms with Gasteiger partial charge in [-0.25, -0.2) is 14.6 Å². The summed E-state index contributed by atoms with van der Waals surface area (Å²) < 4.78 is 43.9. The van der Waals surface area contributed by atoms with E-state index in [4.69, 9.17) is 10.8 Å². The number of imidazole rings is 1. The fourth-order valence-electron chi connectivity index (χ4n) is 2.95. The molecule has 0 bridgehead atoms. The van der Waals surface area contributed by atoms with E-state index >= 15 is 0 Å². The number of aromatic carboxylic acids is 1. The van der Waals surface area contributed by atoms with Gasteiger partial charge in [0.05, 0.1) is 16.6 Å². The van der Waals surface area contributed by atoms with E-state index in [0.717, 1.165) is 12.1 Å². The molecule has 35 heavy (non-hydrogen) atoms. The number of alkyl halides is 3. The lowest BCUT2D eigenvalue weighted by molar-refractivity contribution is -0.137. The predicted octanol–water partition coefficient (Wildman–Crippen LogP) is 3.10. The molecule has 14 heteroatoms. The van der Waals surface area contributed by atoms with Crippen molar-refractivity contribution in [3.8, 4) is 11.1 Å². The Balaban J connectivity index is 0.000000241. The Morgan fingerprint density at radius 3 is 2.31 bits per heavy atom. The smallest absolute Gasteiger partial charge is 0.417 e. The van der Waals surface area contributed by atoms with E-state index in [0.29, 0.717) is 11.4 Å². The number of carbonyl (C=O) groups is 2. The van der Waals surface area contributed by atoms with Crippen LogP contribution in [-0.4, -0.2) is 42.1 Å². The van der Waals surface area contributed by atoms with Gasteiger partial charge >= 0.3 is 23.7 Å². The van der Waals surface area contributed by atoms with Crippen molar-refractivity contribution in [1.82, 2.24) is 25.1 Å². The molecule has 4 aromatic rings. The van der Waals surface area contributed by atoms with Crippen LogP contribution >= 0.6 is 0 Å². The van der Waals surface area contributed by atoms with Crippen molar-refractivity contribution < 1.29 is 32.4 Å². The summed E-state index contributed by atoms with van der Waals surface area (Å²) in [4.78, 5) is 45.4. The summed E-state index contributed by atoms with van der Waals surface area (Å²) in [7, 11) is 0. The average Bonchev–Trinajstić information content (AvgIpc) is 3.39. The molecule has 1 aromatic carbocycles. The van der Waals surface area contributed by atoms with E-state index in [-0.39, 0.29) is 28.0 Å². The number of carboxylic acids is 1. The van der Waals surface area contributed by atoms with Crippen LogP contribution in [0.2, 0.25) is 0 Å². The molecule has 0 unspecified atom stereocenters. The van der Waals surface area contributed by atoms with Gasteiger partial charge in [-0.05, 0) is 23.8 Å². The topological polar surface area (TPSA) is 181 Å². The number of amides is 1. The van der Waals surface area contributed by atoms with E-state index < -0.39 is 34.9 Å². The Morgan fingerprint density at radius 1 is 1.11 bits per heavy atom. The van der Waals surface area contributed by atoms with Gasteiger partial charge in [0.15, 0.2) is 11.5 Å². The molecule has 0 atom stereocenters. The quantitative estimate of drug-likeness (QED) is 0.336. The lowest BCUT2D eigenvalue weighted by Crippen LogP contribution is -2.18. The molecule has 0 saturated carbocycles.